The molecule has 0 saturated carbocycles. The van der Waals surface area contributed by atoms with Gasteiger partial charge in [-0.3, -0.25) is 14.2 Å². The number of benzene rings is 1. The molecule has 0 saturated heterocycles. The quantitative estimate of drug-likeness (QED) is 0.858. The average molecular weight is 357 g/mol. The van der Waals surface area contributed by atoms with E-state index < -0.39 is 0 Å². The second-order valence-corrected chi connectivity index (χ2v) is 7.46. The Morgan fingerprint density at radius 2 is 2.12 bits per heavy atom. The fourth-order valence-corrected chi connectivity index (χ4v) is 4.20. The van der Waals surface area contributed by atoms with Crippen LogP contribution in [0.1, 0.15) is 29.3 Å². The summed E-state index contributed by atoms with van der Waals surface area (Å²) in [6.45, 7) is 8.25. The van der Waals surface area contributed by atoms with Gasteiger partial charge in [0.05, 0.1) is 5.92 Å². The molecule has 1 amide bonds. The molecule has 1 atom stereocenters. The lowest BCUT2D eigenvalue weighted by Gasteiger charge is -2.25. The van der Waals surface area contributed by atoms with Crippen LogP contribution in [0, 0.1) is 26.7 Å². The van der Waals surface area contributed by atoms with E-state index in [4.69, 9.17) is 0 Å². The predicted octanol–water partition coefficient (Wildman–Crippen LogP) is 3.09. The Morgan fingerprint density at radius 1 is 1.36 bits per heavy atom. The number of carbonyl (C=O) groups is 1. The number of rotatable bonds is 3. The molecule has 1 aliphatic heterocycles. The lowest BCUT2D eigenvalue weighted by molar-refractivity contribution is -0.119. The molecule has 25 heavy (non-hydrogen) atoms. The fraction of sp³-hybridized carbons (Fsp3) is 0.421. The van der Waals surface area contributed by atoms with Crippen molar-refractivity contribution in [2.45, 2.75) is 45.8 Å². The molecule has 1 aliphatic rings. The van der Waals surface area contributed by atoms with Crippen molar-refractivity contribution in [3.8, 4) is 0 Å². The van der Waals surface area contributed by atoms with E-state index >= 15 is 0 Å². The van der Waals surface area contributed by atoms with Crippen molar-refractivity contribution >= 4 is 23.4 Å². The molecule has 5 nitrogen and oxygen atoms in total. The molecule has 1 N–H and O–H groups in total. The summed E-state index contributed by atoms with van der Waals surface area (Å²) in [6, 6.07) is 5.88. The van der Waals surface area contributed by atoms with Crippen LogP contribution in [-0.2, 0) is 17.8 Å². The summed E-state index contributed by atoms with van der Waals surface area (Å²) < 4.78 is 1.66. The highest BCUT2D eigenvalue weighted by Gasteiger charge is 2.28. The number of hydrogen-bond donors (Lipinski definition) is 1. The number of nitrogens with zero attached hydrogens (tertiary/aromatic N) is 2. The molecule has 132 valence electrons. The van der Waals surface area contributed by atoms with Gasteiger partial charge < -0.3 is 5.32 Å². The molecule has 0 aliphatic carbocycles. The number of anilines is 1. The van der Waals surface area contributed by atoms with E-state index in [2.05, 4.69) is 10.3 Å². The third kappa shape index (κ3) is 3.35. The summed E-state index contributed by atoms with van der Waals surface area (Å²) in [6.07, 6.45) is 0.655. The highest BCUT2D eigenvalue weighted by atomic mass is 32.2. The molecular formula is C19H23N3O2S. The van der Waals surface area contributed by atoms with Crippen LogP contribution in [0.2, 0.25) is 0 Å². The van der Waals surface area contributed by atoms with E-state index in [-0.39, 0.29) is 17.4 Å². The number of nitrogens with one attached hydrogen (secondary N) is 1. The zero-order chi connectivity index (χ0) is 18.1. The molecular weight excluding hydrogens is 334 g/mol. The number of thioether (sulfide) groups is 1. The first-order chi connectivity index (χ1) is 11.9. The average Bonchev–Trinajstić information content (AvgIpc) is 2.59. The largest absolute Gasteiger partial charge is 0.326 e. The van der Waals surface area contributed by atoms with Crippen LogP contribution in [0.4, 0.5) is 5.69 Å². The molecule has 2 aromatic rings. The Balaban J connectivity index is 1.84. The van der Waals surface area contributed by atoms with Crippen LogP contribution in [-0.4, -0.2) is 21.2 Å². The van der Waals surface area contributed by atoms with E-state index in [9.17, 15) is 9.59 Å². The van der Waals surface area contributed by atoms with Gasteiger partial charge in [0, 0.05) is 29.2 Å². The number of aromatic nitrogens is 2. The van der Waals surface area contributed by atoms with Crippen LogP contribution < -0.4 is 10.9 Å². The van der Waals surface area contributed by atoms with Gasteiger partial charge in [-0.2, -0.15) is 0 Å². The maximum atomic E-state index is 12.7. The molecule has 0 radical (unpaired) electrons. The van der Waals surface area contributed by atoms with Crippen LogP contribution in [0.25, 0.3) is 0 Å². The van der Waals surface area contributed by atoms with Crippen LogP contribution >= 0.6 is 11.8 Å². The van der Waals surface area contributed by atoms with E-state index in [1.165, 1.54) is 11.8 Å². The number of carbonyl (C=O) groups excluding carboxylic acids is 1. The topological polar surface area (TPSA) is 64.0 Å². The van der Waals surface area contributed by atoms with Gasteiger partial charge in [0.25, 0.3) is 5.56 Å². The summed E-state index contributed by atoms with van der Waals surface area (Å²) >= 11 is 1.48. The van der Waals surface area contributed by atoms with Crippen LogP contribution in [0.3, 0.4) is 0 Å². The van der Waals surface area contributed by atoms with E-state index in [1.807, 2.05) is 45.9 Å². The Bertz CT molecular complexity index is 889. The highest BCUT2D eigenvalue weighted by Crippen LogP contribution is 2.27. The normalized spacial score (nSPS) is 16.4. The van der Waals surface area contributed by atoms with Gasteiger partial charge in [-0.1, -0.05) is 30.8 Å². The molecule has 1 unspecified atom stereocenters. The summed E-state index contributed by atoms with van der Waals surface area (Å²) in [7, 11) is 0. The Labute approximate surface area is 151 Å². The van der Waals surface area contributed by atoms with Crippen molar-refractivity contribution in [2.24, 2.45) is 5.92 Å². The van der Waals surface area contributed by atoms with E-state index in [0.29, 0.717) is 18.7 Å². The number of aryl methyl sites for hydroxylation is 2. The minimum Gasteiger partial charge on any atom is -0.326 e. The van der Waals surface area contributed by atoms with Gasteiger partial charge in [-0.25, -0.2) is 4.98 Å². The van der Waals surface area contributed by atoms with E-state index in [0.717, 1.165) is 33.2 Å². The number of amides is 1. The number of hydrogen-bond acceptors (Lipinski definition) is 4. The van der Waals surface area contributed by atoms with Gasteiger partial charge in [0.15, 0.2) is 5.16 Å². The molecule has 0 spiro atoms. The summed E-state index contributed by atoms with van der Waals surface area (Å²) in [5.41, 5.74) is 4.57. The number of fused-ring (bicyclic) bond motifs is 1. The molecule has 6 heteroatoms. The first-order valence-corrected chi connectivity index (χ1v) is 9.51. The lowest BCUT2D eigenvalue weighted by Crippen LogP contribution is -2.38. The summed E-state index contributed by atoms with van der Waals surface area (Å²) in [5, 5.41) is 3.74. The van der Waals surface area contributed by atoms with Crippen molar-refractivity contribution in [1.82, 2.24) is 9.55 Å². The lowest BCUT2D eigenvalue weighted by atomic mass is 10.1. The van der Waals surface area contributed by atoms with Gasteiger partial charge in [-0.15, -0.1) is 0 Å². The molecule has 0 bridgehead atoms. The second-order valence-electron chi connectivity index (χ2n) is 6.47. The zero-order valence-corrected chi connectivity index (χ0v) is 15.9. The van der Waals surface area contributed by atoms with E-state index in [1.54, 1.807) is 4.57 Å². The van der Waals surface area contributed by atoms with Gasteiger partial charge in [0.2, 0.25) is 5.91 Å². The monoisotopic (exact) mass is 357 g/mol. The third-order valence-electron chi connectivity index (χ3n) is 4.84. The maximum Gasteiger partial charge on any atom is 0.257 e. The minimum absolute atomic E-state index is 0.0123. The molecule has 2 heterocycles. The van der Waals surface area contributed by atoms with Gasteiger partial charge >= 0.3 is 0 Å². The Hall–Kier alpha value is -2.08. The first kappa shape index (κ1) is 17.7. The zero-order valence-electron chi connectivity index (χ0n) is 15.0. The van der Waals surface area contributed by atoms with Crippen LogP contribution in [0.5, 0.6) is 0 Å². The first-order valence-electron chi connectivity index (χ1n) is 8.52. The van der Waals surface area contributed by atoms with Crippen molar-refractivity contribution in [1.29, 1.82) is 0 Å². The SMILES string of the molecule is CCc1c(C)nc2n(c1=O)CC(C(=O)Nc1cccc(C)c1C)CS2. The molecule has 1 aromatic heterocycles. The molecule has 3 rings (SSSR count). The maximum absolute atomic E-state index is 12.7. The Kier molecular flexibility index (Phi) is 4.99. The van der Waals surface area contributed by atoms with Crippen molar-refractivity contribution in [3.63, 3.8) is 0 Å². The smallest absolute Gasteiger partial charge is 0.257 e. The van der Waals surface area contributed by atoms with Gasteiger partial charge in [0.1, 0.15) is 0 Å². The highest BCUT2D eigenvalue weighted by molar-refractivity contribution is 7.99. The predicted molar refractivity (Wildman–Crippen MR) is 101 cm³/mol. The third-order valence-corrected chi connectivity index (χ3v) is 5.98. The van der Waals surface area contributed by atoms with Gasteiger partial charge in [-0.05, 0) is 44.4 Å². The van der Waals surface area contributed by atoms with Crippen molar-refractivity contribution in [3.05, 3.63) is 50.9 Å². The standard InChI is InChI=1S/C19H23N3O2S/c1-5-15-13(4)20-19-22(18(15)24)9-14(10-25-19)17(23)21-16-8-6-7-11(2)12(16)3/h6-8,14H,5,9-10H2,1-4H3,(H,21,23). The molecule has 0 fully saturated rings. The Morgan fingerprint density at radius 3 is 2.84 bits per heavy atom. The fourth-order valence-electron chi connectivity index (χ4n) is 3.08. The minimum atomic E-state index is -0.246. The van der Waals surface area contributed by atoms with Crippen molar-refractivity contribution < 1.29 is 4.79 Å². The second kappa shape index (κ2) is 7.04. The summed E-state index contributed by atoms with van der Waals surface area (Å²) in [5.74, 6) is 0.343. The summed E-state index contributed by atoms with van der Waals surface area (Å²) in [4.78, 5) is 29.9. The molecule has 1 aromatic carbocycles. The van der Waals surface area contributed by atoms with Crippen LogP contribution in [0.15, 0.2) is 28.2 Å². The van der Waals surface area contributed by atoms with Crippen molar-refractivity contribution in [2.75, 3.05) is 11.1 Å².